The minimum absolute atomic E-state index is 0.0116. The minimum atomic E-state index is -1.48. The first kappa shape index (κ1) is 20.4. The van der Waals surface area contributed by atoms with Crippen molar-refractivity contribution in [1.29, 1.82) is 0 Å². The molecule has 1 spiro atoms. The number of nitro benzene ring substituents is 1. The van der Waals surface area contributed by atoms with Crippen LogP contribution in [0.3, 0.4) is 0 Å². The molecule has 32 heavy (non-hydrogen) atoms. The van der Waals surface area contributed by atoms with Crippen molar-refractivity contribution in [2.75, 3.05) is 18.1 Å². The highest BCUT2D eigenvalue weighted by molar-refractivity contribution is 6.06. The largest absolute Gasteiger partial charge is 0.337 e. The van der Waals surface area contributed by atoms with Gasteiger partial charge in [-0.05, 0) is 17.2 Å². The van der Waals surface area contributed by atoms with Crippen molar-refractivity contribution in [2.45, 2.75) is 24.7 Å². The highest BCUT2D eigenvalue weighted by Crippen LogP contribution is 2.48. The summed E-state index contributed by atoms with van der Waals surface area (Å²) in [6.07, 6.45) is 0. The van der Waals surface area contributed by atoms with E-state index in [4.69, 9.17) is 9.47 Å². The van der Waals surface area contributed by atoms with Gasteiger partial charge in [-0.15, -0.1) is 0 Å². The van der Waals surface area contributed by atoms with E-state index < -0.39 is 10.7 Å². The van der Waals surface area contributed by atoms with Crippen LogP contribution in [-0.2, 0) is 32.0 Å². The molecule has 7 nitrogen and oxygen atoms in total. The maximum atomic E-state index is 13.6. The topological polar surface area (TPSA) is 81.9 Å². The molecule has 2 aliphatic rings. The zero-order valence-corrected chi connectivity index (χ0v) is 17.6. The number of hydrogen-bond donors (Lipinski definition) is 0. The lowest BCUT2D eigenvalue weighted by molar-refractivity contribution is -0.384. The van der Waals surface area contributed by atoms with Gasteiger partial charge in [0.1, 0.15) is 0 Å². The van der Waals surface area contributed by atoms with Gasteiger partial charge in [-0.3, -0.25) is 14.9 Å². The summed E-state index contributed by atoms with van der Waals surface area (Å²) < 4.78 is 12.5. The standard InChI is InChI=1S/C25H22N2O5/c1-24(19-7-3-2-4-8-19)16-31-25(32-17-24)21-9-5-6-10-22(21)26(23(25)28)15-18-11-13-20(14-12-18)27(29)30/h2-14H,15-17H2,1H3. The number of rotatable bonds is 4. The molecule has 3 aromatic carbocycles. The molecule has 0 atom stereocenters. The summed E-state index contributed by atoms with van der Waals surface area (Å²) in [4.78, 5) is 25.8. The summed E-state index contributed by atoms with van der Waals surface area (Å²) >= 11 is 0. The normalized spacial score (nSPS) is 24.5. The summed E-state index contributed by atoms with van der Waals surface area (Å²) in [6, 6.07) is 23.7. The first-order valence-electron chi connectivity index (χ1n) is 10.4. The SMILES string of the molecule is CC1(c2ccccc2)COC2(OC1)C(=O)N(Cc1ccc([N+](=O)[O-])cc1)c1ccccc12. The average molecular weight is 430 g/mol. The quantitative estimate of drug-likeness (QED) is 0.455. The van der Waals surface area contributed by atoms with Gasteiger partial charge in [0.15, 0.2) is 0 Å². The van der Waals surface area contributed by atoms with Crippen molar-refractivity contribution in [2.24, 2.45) is 0 Å². The molecule has 7 heteroatoms. The molecular formula is C25H22N2O5. The Bertz CT molecular complexity index is 1170. The summed E-state index contributed by atoms with van der Waals surface area (Å²) in [5, 5.41) is 10.9. The third-order valence-corrected chi connectivity index (χ3v) is 6.22. The first-order valence-corrected chi connectivity index (χ1v) is 10.4. The van der Waals surface area contributed by atoms with Crippen LogP contribution in [0, 0.1) is 10.1 Å². The molecule has 0 aromatic heterocycles. The molecule has 1 amide bonds. The molecule has 0 bridgehead atoms. The highest BCUT2D eigenvalue weighted by atomic mass is 16.7. The van der Waals surface area contributed by atoms with Gasteiger partial charge in [-0.2, -0.15) is 0 Å². The molecule has 0 radical (unpaired) electrons. The number of ether oxygens (including phenoxy) is 2. The van der Waals surface area contributed by atoms with Crippen LogP contribution in [0.5, 0.6) is 0 Å². The molecule has 0 aliphatic carbocycles. The predicted octanol–water partition coefficient (Wildman–Crippen LogP) is 4.30. The summed E-state index contributed by atoms with van der Waals surface area (Å²) in [7, 11) is 0. The number of fused-ring (bicyclic) bond motifs is 2. The van der Waals surface area contributed by atoms with Gasteiger partial charge < -0.3 is 14.4 Å². The Morgan fingerprint density at radius 1 is 0.938 bits per heavy atom. The number of nitrogens with zero attached hydrogens (tertiary/aromatic N) is 2. The molecule has 2 aliphatic heterocycles. The van der Waals surface area contributed by atoms with E-state index in [0.717, 1.165) is 16.8 Å². The Morgan fingerprint density at radius 3 is 2.22 bits per heavy atom. The van der Waals surface area contributed by atoms with Crippen molar-refractivity contribution >= 4 is 17.3 Å². The van der Waals surface area contributed by atoms with E-state index in [9.17, 15) is 14.9 Å². The van der Waals surface area contributed by atoms with Crippen LogP contribution in [-0.4, -0.2) is 24.0 Å². The van der Waals surface area contributed by atoms with Crippen molar-refractivity contribution in [3.05, 3.63) is 106 Å². The maximum absolute atomic E-state index is 13.6. The zero-order valence-electron chi connectivity index (χ0n) is 17.6. The second-order valence-corrected chi connectivity index (χ2v) is 8.45. The molecule has 0 unspecified atom stereocenters. The number of carbonyl (C=O) groups is 1. The van der Waals surface area contributed by atoms with Crippen molar-refractivity contribution in [1.82, 2.24) is 0 Å². The average Bonchev–Trinajstić information content (AvgIpc) is 3.05. The van der Waals surface area contributed by atoms with Crippen LogP contribution in [0.2, 0.25) is 0 Å². The molecule has 2 heterocycles. The number of amides is 1. The Morgan fingerprint density at radius 2 is 1.56 bits per heavy atom. The van der Waals surface area contributed by atoms with E-state index in [2.05, 4.69) is 6.92 Å². The van der Waals surface area contributed by atoms with E-state index in [-0.39, 0.29) is 23.6 Å². The number of benzene rings is 3. The fraction of sp³-hybridized carbons (Fsp3) is 0.240. The second kappa shape index (κ2) is 7.55. The Balaban J connectivity index is 1.44. The third-order valence-electron chi connectivity index (χ3n) is 6.22. The van der Waals surface area contributed by atoms with Crippen molar-refractivity contribution < 1.29 is 19.2 Å². The zero-order chi connectivity index (χ0) is 22.3. The number of para-hydroxylation sites is 1. The minimum Gasteiger partial charge on any atom is -0.337 e. The molecule has 162 valence electrons. The summed E-state index contributed by atoms with van der Waals surface area (Å²) in [6.45, 7) is 3.00. The number of nitro groups is 1. The van der Waals surface area contributed by atoms with Gasteiger partial charge in [0.05, 0.1) is 30.4 Å². The van der Waals surface area contributed by atoms with Gasteiger partial charge in [0.2, 0.25) is 0 Å². The van der Waals surface area contributed by atoms with E-state index in [1.54, 1.807) is 17.0 Å². The van der Waals surface area contributed by atoms with Crippen LogP contribution in [0.4, 0.5) is 11.4 Å². The van der Waals surface area contributed by atoms with Gasteiger partial charge in [0, 0.05) is 23.1 Å². The van der Waals surface area contributed by atoms with Gasteiger partial charge in [0.25, 0.3) is 17.4 Å². The number of anilines is 1. The Hall–Kier alpha value is -3.55. The Labute approximate surface area is 185 Å². The maximum Gasteiger partial charge on any atom is 0.292 e. The Kier molecular flexibility index (Phi) is 4.80. The van der Waals surface area contributed by atoms with Crippen LogP contribution in [0.15, 0.2) is 78.9 Å². The van der Waals surface area contributed by atoms with E-state index in [0.29, 0.717) is 18.8 Å². The van der Waals surface area contributed by atoms with Crippen LogP contribution in [0.1, 0.15) is 23.6 Å². The number of carbonyl (C=O) groups excluding carboxylic acids is 1. The smallest absolute Gasteiger partial charge is 0.292 e. The molecule has 3 aromatic rings. The van der Waals surface area contributed by atoms with Crippen LogP contribution >= 0.6 is 0 Å². The third kappa shape index (κ3) is 3.18. The predicted molar refractivity (Wildman–Crippen MR) is 118 cm³/mol. The lowest BCUT2D eigenvalue weighted by Gasteiger charge is -2.42. The highest BCUT2D eigenvalue weighted by Gasteiger charge is 2.57. The van der Waals surface area contributed by atoms with Crippen LogP contribution < -0.4 is 4.90 Å². The first-order chi connectivity index (χ1) is 15.4. The monoisotopic (exact) mass is 430 g/mol. The van der Waals surface area contributed by atoms with Crippen molar-refractivity contribution in [3.63, 3.8) is 0 Å². The van der Waals surface area contributed by atoms with Crippen molar-refractivity contribution in [3.8, 4) is 0 Å². The van der Waals surface area contributed by atoms with Gasteiger partial charge in [-0.1, -0.05) is 67.6 Å². The molecule has 0 saturated carbocycles. The lowest BCUT2D eigenvalue weighted by atomic mass is 9.83. The fourth-order valence-corrected chi connectivity index (χ4v) is 4.34. The molecule has 0 N–H and O–H groups in total. The van der Waals surface area contributed by atoms with E-state index in [1.165, 1.54) is 12.1 Å². The van der Waals surface area contributed by atoms with Gasteiger partial charge >= 0.3 is 0 Å². The van der Waals surface area contributed by atoms with E-state index >= 15 is 0 Å². The van der Waals surface area contributed by atoms with Gasteiger partial charge in [-0.25, -0.2) is 0 Å². The molecule has 1 fully saturated rings. The number of non-ortho nitro benzene ring substituents is 1. The number of hydrogen-bond acceptors (Lipinski definition) is 5. The molecular weight excluding hydrogens is 408 g/mol. The second-order valence-electron chi connectivity index (χ2n) is 8.45. The molecule has 1 saturated heterocycles. The molecule has 5 rings (SSSR count). The summed E-state index contributed by atoms with van der Waals surface area (Å²) in [5.74, 6) is -1.77. The fourth-order valence-electron chi connectivity index (χ4n) is 4.34. The van der Waals surface area contributed by atoms with Crippen LogP contribution in [0.25, 0.3) is 0 Å². The lowest BCUT2D eigenvalue weighted by Crippen LogP contribution is -2.53. The van der Waals surface area contributed by atoms with E-state index in [1.807, 2.05) is 54.6 Å². The summed E-state index contributed by atoms with van der Waals surface area (Å²) in [5.41, 5.74) is 2.92.